The van der Waals surface area contributed by atoms with Crippen molar-refractivity contribution in [1.82, 2.24) is 14.9 Å². The number of methoxy groups -OCH3 is 1. The quantitative estimate of drug-likeness (QED) is 0.498. The van der Waals surface area contributed by atoms with Gasteiger partial charge in [0, 0.05) is 19.2 Å². The van der Waals surface area contributed by atoms with Crippen LogP contribution in [0.15, 0.2) is 29.2 Å². The molecule has 10 heteroatoms. The number of carbonyl (C=O) groups excluding carboxylic acids is 2. The number of amides is 2. The zero-order chi connectivity index (χ0) is 23.8. The fourth-order valence-corrected chi connectivity index (χ4v) is 5.52. The summed E-state index contributed by atoms with van der Waals surface area (Å²) in [5.74, 6) is -0.0680. The highest BCUT2D eigenvalue weighted by Gasteiger charge is 2.36. The predicted octanol–water partition coefficient (Wildman–Crippen LogP) is 1.82. The van der Waals surface area contributed by atoms with Crippen LogP contribution in [0.2, 0.25) is 0 Å². The van der Waals surface area contributed by atoms with Crippen molar-refractivity contribution in [1.29, 1.82) is 0 Å². The molecule has 2 amide bonds. The van der Waals surface area contributed by atoms with Gasteiger partial charge in [-0.05, 0) is 56.4 Å². The third-order valence-electron chi connectivity index (χ3n) is 6.34. The number of rotatable bonds is 11. The van der Waals surface area contributed by atoms with E-state index in [0.29, 0.717) is 25.3 Å². The molecule has 1 aliphatic carbocycles. The fourth-order valence-electron chi connectivity index (χ4n) is 4.55. The van der Waals surface area contributed by atoms with Crippen molar-refractivity contribution < 1.29 is 27.5 Å². The van der Waals surface area contributed by atoms with Gasteiger partial charge in [0.25, 0.3) is 0 Å². The Hall–Kier alpha value is -2.17. The van der Waals surface area contributed by atoms with E-state index in [2.05, 4.69) is 10.0 Å². The van der Waals surface area contributed by atoms with E-state index in [-0.39, 0.29) is 22.9 Å². The third kappa shape index (κ3) is 6.68. The summed E-state index contributed by atoms with van der Waals surface area (Å²) in [5, 5.41) is 2.94. The van der Waals surface area contributed by atoms with Crippen LogP contribution in [0.1, 0.15) is 51.9 Å². The van der Waals surface area contributed by atoms with Crippen LogP contribution in [0.4, 0.5) is 0 Å². The smallest absolute Gasteiger partial charge is 0.242 e. The summed E-state index contributed by atoms with van der Waals surface area (Å²) in [5.41, 5.74) is 0. The van der Waals surface area contributed by atoms with Crippen molar-refractivity contribution in [2.75, 3.05) is 26.8 Å². The number of sulfonamides is 1. The van der Waals surface area contributed by atoms with E-state index in [0.717, 1.165) is 38.5 Å². The maximum Gasteiger partial charge on any atom is 0.242 e. The van der Waals surface area contributed by atoms with Crippen LogP contribution in [-0.2, 0) is 24.3 Å². The highest BCUT2D eigenvalue weighted by Crippen LogP contribution is 2.26. The average molecular weight is 482 g/mol. The number of carbonyl (C=O) groups is 2. The highest BCUT2D eigenvalue weighted by atomic mass is 32.2. The van der Waals surface area contributed by atoms with E-state index in [1.165, 1.54) is 19.2 Å². The molecule has 2 N–H and O–H groups in total. The zero-order valence-electron chi connectivity index (χ0n) is 19.4. The van der Waals surface area contributed by atoms with Crippen molar-refractivity contribution in [2.24, 2.45) is 0 Å². The first-order valence-corrected chi connectivity index (χ1v) is 13.2. The van der Waals surface area contributed by atoms with Gasteiger partial charge in [-0.1, -0.05) is 19.8 Å². The molecular formula is C23H35N3O6S. The van der Waals surface area contributed by atoms with Crippen molar-refractivity contribution in [2.45, 2.75) is 75.0 Å². The van der Waals surface area contributed by atoms with E-state index in [9.17, 15) is 18.0 Å². The van der Waals surface area contributed by atoms with Crippen LogP contribution in [-0.4, -0.2) is 70.1 Å². The average Bonchev–Trinajstić information content (AvgIpc) is 3.54. The third-order valence-corrected chi connectivity index (χ3v) is 7.76. The van der Waals surface area contributed by atoms with Gasteiger partial charge in [-0.25, -0.2) is 13.1 Å². The molecule has 184 valence electrons. The minimum atomic E-state index is -3.88. The maximum absolute atomic E-state index is 13.2. The lowest BCUT2D eigenvalue weighted by atomic mass is 10.1. The largest absolute Gasteiger partial charge is 0.497 e. The molecule has 2 atom stereocenters. The second kappa shape index (κ2) is 11.8. The lowest BCUT2D eigenvalue weighted by molar-refractivity contribution is -0.142. The summed E-state index contributed by atoms with van der Waals surface area (Å²) < 4.78 is 38.4. The standard InChI is InChI=1S/C23H35N3O6S/c1-3-21(23(28)24-15-19-9-6-14-32-19)26(17-7-4-5-8-17)22(27)16-25-33(29,30)20-12-10-18(31-2)11-13-20/h10-13,17,19,21,25H,3-9,14-16H2,1-2H3,(H,24,28). The normalized spacial score (nSPS) is 19.9. The molecule has 1 saturated carbocycles. The molecule has 0 spiro atoms. The van der Waals surface area contributed by atoms with E-state index in [1.807, 2.05) is 6.92 Å². The van der Waals surface area contributed by atoms with Gasteiger partial charge in [0.05, 0.1) is 24.7 Å². The number of benzene rings is 1. The SMILES string of the molecule is CCC(C(=O)NCC1CCCO1)N(C(=O)CNS(=O)(=O)c1ccc(OC)cc1)C1CCCC1. The van der Waals surface area contributed by atoms with E-state index in [4.69, 9.17) is 9.47 Å². The summed E-state index contributed by atoms with van der Waals surface area (Å²) in [6.07, 6.45) is 5.95. The Morgan fingerprint density at radius 2 is 1.85 bits per heavy atom. The first-order valence-electron chi connectivity index (χ1n) is 11.7. The second-order valence-electron chi connectivity index (χ2n) is 8.54. The molecule has 2 fully saturated rings. The predicted molar refractivity (Wildman–Crippen MR) is 123 cm³/mol. The summed E-state index contributed by atoms with van der Waals surface area (Å²) in [7, 11) is -2.38. The molecule has 1 heterocycles. The molecule has 1 aromatic rings. The van der Waals surface area contributed by atoms with Gasteiger partial charge in [-0.15, -0.1) is 0 Å². The zero-order valence-corrected chi connectivity index (χ0v) is 20.2. The molecule has 9 nitrogen and oxygen atoms in total. The Kier molecular flexibility index (Phi) is 9.10. The summed E-state index contributed by atoms with van der Waals surface area (Å²) in [4.78, 5) is 27.9. The Bertz CT molecular complexity index is 893. The van der Waals surface area contributed by atoms with Crippen LogP contribution in [0, 0.1) is 0 Å². The van der Waals surface area contributed by atoms with Crippen molar-refractivity contribution in [3.8, 4) is 5.75 Å². The van der Waals surface area contributed by atoms with Crippen LogP contribution in [0.3, 0.4) is 0 Å². The monoisotopic (exact) mass is 481 g/mol. The molecule has 33 heavy (non-hydrogen) atoms. The van der Waals surface area contributed by atoms with Crippen LogP contribution >= 0.6 is 0 Å². The van der Waals surface area contributed by atoms with Gasteiger partial charge in [0.15, 0.2) is 0 Å². The first kappa shape index (κ1) is 25.5. The molecule has 1 saturated heterocycles. The lowest BCUT2D eigenvalue weighted by Gasteiger charge is -2.35. The number of hydrogen-bond donors (Lipinski definition) is 2. The van der Waals surface area contributed by atoms with Crippen molar-refractivity contribution in [3.05, 3.63) is 24.3 Å². The van der Waals surface area contributed by atoms with E-state index >= 15 is 0 Å². The molecule has 0 bridgehead atoms. The van der Waals surface area contributed by atoms with Gasteiger partial charge in [0.2, 0.25) is 21.8 Å². The molecular weight excluding hydrogens is 446 g/mol. The van der Waals surface area contributed by atoms with Crippen LogP contribution < -0.4 is 14.8 Å². The Labute approximate surface area is 196 Å². The number of ether oxygens (including phenoxy) is 2. The minimum Gasteiger partial charge on any atom is -0.497 e. The molecule has 2 aliphatic rings. The number of nitrogens with one attached hydrogen (secondary N) is 2. The van der Waals surface area contributed by atoms with Crippen LogP contribution in [0.5, 0.6) is 5.75 Å². The molecule has 1 aliphatic heterocycles. The molecule has 2 unspecified atom stereocenters. The lowest BCUT2D eigenvalue weighted by Crippen LogP contribution is -2.56. The Balaban J connectivity index is 1.67. The van der Waals surface area contributed by atoms with E-state index in [1.54, 1.807) is 17.0 Å². The summed E-state index contributed by atoms with van der Waals surface area (Å²) in [6.45, 7) is 2.60. The van der Waals surface area contributed by atoms with Gasteiger partial charge in [-0.2, -0.15) is 0 Å². The minimum absolute atomic E-state index is 0.0124. The van der Waals surface area contributed by atoms with Crippen molar-refractivity contribution in [3.63, 3.8) is 0 Å². The van der Waals surface area contributed by atoms with Gasteiger partial charge in [0.1, 0.15) is 11.8 Å². The number of nitrogens with zero attached hydrogens (tertiary/aromatic N) is 1. The Morgan fingerprint density at radius 3 is 2.42 bits per heavy atom. The van der Waals surface area contributed by atoms with Crippen LogP contribution in [0.25, 0.3) is 0 Å². The highest BCUT2D eigenvalue weighted by molar-refractivity contribution is 7.89. The van der Waals surface area contributed by atoms with Gasteiger partial charge >= 0.3 is 0 Å². The fraction of sp³-hybridized carbons (Fsp3) is 0.652. The topological polar surface area (TPSA) is 114 Å². The number of hydrogen-bond acceptors (Lipinski definition) is 6. The van der Waals surface area contributed by atoms with Gasteiger partial charge in [-0.3, -0.25) is 9.59 Å². The second-order valence-corrected chi connectivity index (χ2v) is 10.3. The summed E-state index contributed by atoms with van der Waals surface area (Å²) in [6, 6.07) is 5.23. The first-order chi connectivity index (χ1) is 15.9. The summed E-state index contributed by atoms with van der Waals surface area (Å²) >= 11 is 0. The van der Waals surface area contributed by atoms with E-state index < -0.39 is 28.5 Å². The molecule has 3 rings (SSSR count). The van der Waals surface area contributed by atoms with Gasteiger partial charge < -0.3 is 19.7 Å². The Morgan fingerprint density at radius 1 is 1.15 bits per heavy atom. The van der Waals surface area contributed by atoms with Crippen molar-refractivity contribution >= 4 is 21.8 Å². The maximum atomic E-state index is 13.2. The molecule has 0 radical (unpaired) electrons. The molecule has 0 aromatic heterocycles. The molecule has 1 aromatic carbocycles.